The number of carbonyl (C=O) groups is 1. The topological polar surface area (TPSA) is 20.3 Å². The van der Waals surface area contributed by atoms with Crippen LogP contribution in [0.2, 0.25) is 0 Å². The van der Waals surface area contributed by atoms with Crippen LogP contribution in [0, 0.1) is 6.92 Å². The van der Waals surface area contributed by atoms with E-state index in [0.717, 1.165) is 29.1 Å². The number of thioether (sulfide) groups is 1. The maximum atomic E-state index is 12.1. The maximum Gasteiger partial charge on any atom is 0.253 e. The molecule has 3 heteroatoms. The van der Waals surface area contributed by atoms with E-state index in [1.807, 2.05) is 44.1 Å². The zero-order chi connectivity index (χ0) is 12.1. The van der Waals surface area contributed by atoms with Gasteiger partial charge in [0.2, 0.25) is 0 Å². The number of carbonyl (C=O) groups excluding carboxylic acids is 1. The van der Waals surface area contributed by atoms with Crippen molar-refractivity contribution < 1.29 is 4.79 Å². The van der Waals surface area contributed by atoms with Gasteiger partial charge in [-0.05, 0) is 50.8 Å². The van der Waals surface area contributed by atoms with Crippen LogP contribution < -0.4 is 0 Å². The van der Waals surface area contributed by atoms with Crippen molar-refractivity contribution >= 4 is 17.7 Å². The summed E-state index contributed by atoms with van der Waals surface area (Å²) in [4.78, 5) is 15.1. The van der Waals surface area contributed by atoms with Gasteiger partial charge >= 0.3 is 0 Å². The van der Waals surface area contributed by atoms with Crippen LogP contribution in [-0.2, 0) is 0 Å². The van der Waals surface area contributed by atoms with Crippen molar-refractivity contribution in [2.24, 2.45) is 0 Å². The van der Waals surface area contributed by atoms with E-state index in [-0.39, 0.29) is 5.91 Å². The summed E-state index contributed by atoms with van der Waals surface area (Å²) in [5, 5.41) is 0. The lowest BCUT2D eigenvalue weighted by molar-refractivity contribution is 0.0772. The average Bonchev–Trinajstić information content (AvgIpc) is 2.29. The first-order chi connectivity index (χ1) is 7.62. The first-order valence-corrected chi connectivity index (χ1v) is 6.79. The van der Waals surface area contributed by atoms with Gasteiger partial charge < -0.3 is 4.90 Å². The molecule has 0 aliphatic rings. The highest BCUT2D eigenvalue weighted by molar-refractivity contribution is 7.98. The summed E-state index contributed by atoms with van der Waals surface area (Å²) in [7, 11) is 0. The van der Waals surface area contributed by atoms with E-state index in [0.29, 0.717) is 0 Å². The highest BCUT2D eigenvalue weighted by atomic mass is 32.2. The number of benzene rings is 1. The molecule has 1 aromatic carbocycles. The third-order valence-corrected chi connectivity index (χ3v) is 3.29. The second-order valence-corrected chi connectivity index (χ2v) is 4.60. The molecule has 0 spiro atoms. The van der Waals surface area contributed by atoms with Crippen molar-refractivity contribution in [3.63, 3.8) is 0 Å². The normalized spacial score (nSPS) is 10.2. The molecule has 1 amide bonds. The van der Waals surface area contributed by atoms with Crippen molar-refractivity contribution in [3.05, 3.63) is 29.3 Å². The fourth-order valence-electron chi connectivity index (χ4n) is 1.68. The Morgan fingerprint density at radius 1 is 1.25 bits per heavy atom. The predicted octanol–water partition coefficient (Wildman–Crippen LogP) is 3.20. The minimum atomic E-state index is 0.129. The van der Waals surface area contributed by atoms with Crippen LogP contribution in [0.5, 0.6) is 0 Å². The number of amides is 1. The minimum Gasteiger partial charge on any atom is -0.339 e. The van der Waals surface area contributed by atoms with E-state index >= 15 is 0 Å². The number of aryl methyl sites for hydroxylation is 1. The Balaban J connectivity index is 3.03. The van der Waals surface area contributed by atoms with Gasteiger partial charge in [0.05, 0.1) is 0 Å². The lowest BCUT2D eigenvalue weighted by Gasteiger charge is -2.19. The Morgan fingerprint density at radius 2 is 1.88 bits per heavy atom. The molecule has 16 heavy (non-hydrogen) atoms. The standard InChI is InChI=1S/C13H19NOS/c1-5-14(6-2)13(15)11-7-10(3)8-12(9-11)16-4/h7-9H,5-6H2,1-4H3. The Bertz CT molecular complexity index is 372. The Kier molecular flexibility index (Phi) is 4.87. The van der Waals surface area contributed by atoms with Crippen LogP contribution in [0.3, 0.4) is 0 Å². The molecular weight excluding hydrogens is 218 g/mol. The summed E-state index contributed by atoms with van der Waals surface area (Å²) in [6.07, 6.45) is 2.03. The second kappa shape index (κ2) is 5.94. The van der Waals surface area contributed by atoms with E-state index in [1.54, 1.807) is 11.8 Å². The predicted molar refractivity (Wildman–Crippen MR) is 70.2 cm³/mol. The lowest BCUT2D eigenvalue weighted by Crippen LogP contribution is -2.30. The zero-order valence-corrected chi connectivity index (χ0v) is 11.2. The molecule has 0 saturated heterocycles. The third-order valence-electron chi connectivity index (χ3n) is 2.58. The van der Waals surface area contributed by atoms with Crippen molar-refractivity contribution in [2.75, 3.05) is 19.3 Å². The number of nitrogens with zero attached hydrogens (tertiary/aromatic N) is 1. The second-order valence-electron chi connectivity index (χ2n) is 3.72. The molecule has 0 bridgehead atoms. The first kappa shape index (κ1) is 13.1. The summed E-state index contributed by atoms with van der Waals surface area (Å²) in [6, 6.07) is 6.03. The summed E-state index contributed by atoms with van der Waals surface area (Å²) in [6.45, 7) is 7.56. The van der Waals surface area contributed by atoms with Crippen molar-refractivity contribution in [1.29, 1.82) is 0 Å². The van der Waals surface area contributed by atoms with Crippen molar-refractivity contribution in [2.45, 2.75) is 25.7 Å². The number of rotatable bonds is 4. The van der Waals surface area contributed by atoms with Gasteiger partial charge in [0.15, 0.2) is 0 Å². The van der Waals surface area contributed by atoms with Crippen LogP contribution in [-0.4, -0.2) is 30.2 Å². The molecule has 1 aromatic rings. The molecule has 1 rings (SSSR count). The van der Waals surface area contributed by atoms with E-state index in [2.05, 4.69) is 6.07 Å². The van der Waals surface area contributed by atoms with Gasteiger partial charge in [0.25, 0.3) is 5.91 Å². The largest absolute Gasteiger partial charge is 0.339 e. The van der Waals surface area contributed by atoms with Gasteiger partial charge in [-0.1, -0.05) is 0 Å². The molecule has 0 aromatic heterocycles. The molecule has 88 valence electrons. The molecule has 0 N–H and O–H groups in total. The highest BCUT2D eigenvalue weighted by Crippen LogP contribution is 2.19. The molecule has 2 nitrogen and oxygen atoms in total. The summed E-state index contributed by atoms with van der Waals surface area (Å²) in [5.74, 6) is 0.129. The molecule has 0 aliphatic heterocycles. The summed E-state index contributed by atoms with van der Waals surface area (Å²) >= 11 is 1.67. The monoisotopic (exact) mass is 237 g/mol. The van der Waals surface area contributed by atoms with E-state index in [9.17, 15) is 4.79 Å². The van der Waals surface area contributed by atoms with Gasteiger partial charge in [-0.15, -0.1) is 11.8 Å². The van der Waals surface area contributed by atoms with Gasteiger partial charge in [0.1, 0.15) is 0 Å². The highest BCUT2D eigenvalue weighted by Gasteiger charge is 2.13. The smallest absolute Gasteiger partial charge is 0.253 e. The molecule has 0 atom stereocenters. The number of hydrogen-bond acceptors (Lipinski definition) is 2. The van der Waals surface area contributed by atoms with Gasteiger partial charge in [-0.3, -0.25) is 4.79 Å². The fourth-order valence-corrected chi connectivity index (χ4v) is 2.23. The quantitative estimate of drug-likeness (QED) is 0.750. The van der Waals surface area contributed by atoms with Gasteiger partial charge in [-0.2, -0.15) is 0 Å². The Hall–Kier alpha value is -0.960. The molecule has 0 saturated carbocycles. The van der Waals surface area contributed by atoms with E-state index in [1.165, 1.54) is 0 Å². The van der Waals surface area contributed by atoms with Crippen LogP contribution in [0.1, 0.15) is 29.8 Å². The molecule has 0 radical (unpaired) electrons. The van der Waals surface area contributed by atoms with Crippen LogP contribution in [0.25, 0.3) is 0 Å². The van der Waals surface area contributed by atoms with Crippen LogP contribution in [0.15, 0.2) is 23.1 Å². The van der Waals surface area contributed by atoms with Gasteiger partial charge in [0, 0.05) is 23.5 Å². The van der Waals surface area contributed by atoms with Crippen LogP contribution in [0.4, 0.5) is 0 Å². The van der Waals surface area contributed by atoms with Crippen molar-refractivity contribution in [3.8, 4) is 0 Å². The minimum absolute atomic E-state index is 0.129. The van der Waals surface area contributed by atoms with Gasteiger partial charge in [-0.25, -0.2) is 0 Å². The SMILES string of the molecule is CCN(CC)C(=O)c1cc(C)cc(SC)c1. The summed E-state index contributed by atoms with van der Waals surface area (Å²) < 4.78 is 0. The maximum absolute atomic E-state index is 12.1. The molecule has 0 fully saturated rings. The molecule has 0 unspecified atom stereocenters. The fraction of sp³-hybridized carbons (Fsp3) is 0.462. The zero-order valence-electron chi connectivity index (χ0n) is 10.4. The van der Waals surface area contributed by atoms with Crippen molar-refractivity contribution in [1.82, 2.24) is 4.90 Å². The van der Waals surface area contributed by atoms with Crippen LogP contribution >= 0.6 is 11.8 Å². The van der Waals surface area contributed by atoms with E-state index in [4.69, 9.17) is 0 Å². The average molecular weight is 237 g/mol. The third kappa shape index (κ3) is 3.01. The molecule has 0 aliphatic carbocycles. The lowest BCUT2D eigenvalue weighted by atomic mass is 10.1. The summed E-state index contributed by atoms with van der Waals surface area (Å²) in [5.41, 5.74) is 1.94. The Labute approximate surface area is 102 Å². The molecular formula is C13H19NOS. The molecule has 0 heterocycles. The first-order valence-electron chi connectivity index (χ1n) is 5.57. The number of hydrogen-bond donors (Lipinski definition) is 0. The van der Waals surface area contributed by atoms with E-state index < -0.39 is 0 Å². The Morgan fingerprint density at radius 3 is 2.38 bits per heavy atom.